The Morgan fingerprint density at radius 2 is 1.86 bits per heavy atom. The number of amides is 1. The van der Waals surface area contributed by atoms with Crippen molar-refractivity contribution in [3.8, 4) is 0 Å². The summed E-state index contributed by atoms with van der Waals surface area (Å²) < 4.78 is 1.83. The molecule has 22 heavy (non-hydrogen) atoms. The lowest BCUT2D eigenvalue weighted by Crippen LogP contribution is -2.11. The van der Waals surface area contributed by atoms with E-state index < -0.39 is 0 Å². The molecule has 1 N–H and O–H groups in total. The van der Waals surface area contributed by atoms with Gasteiger partial charge in [0.1, 0.15) is 0 Å². The number of anilines is 1. The van der Waals surface area contributed by atoms with Gasteiger partial charge in [0, 0.05) is 30.7 Å². The van der Waals surface area contributed by atoms with Crippen LogP contribution in [0.2, 0.25) is 0 Å². The predicted octanol–water partition coefficient (Wildman–Crippen LogP) is 2.77. The standard InChI is InChI=1S/C17H16N4O/c22-17(15-6-9-18-10-7-15)20-16-12-19-21(13-16)11-8-14-4-2-1-3-5-14/h1-7,9-10,12-13H,8,11H2,(H,20,22). The smallest absolute Gasteiger partial charge is 0.255 e. The van der Waals surface area contributed by atoms with E-state index in [1.54, 1.807) is 30.7 Å². The summed E-state index contributed by atoms with van der Waals surface area (Å²) in [6.07, 6.45) is 7.59. The van der Waals surface area contributed by atoms with Crippen molar-refractivity contribution in [2.45, 2.75) is 13.0 Å². The lowest BCUT2D eigenvalue weighted by Gasteiger charge is -2.02. The van der Waals surface area contributed by atoms with E-state index in [9.17, 15) is 4.79 Å². The Bertz CT molecular complexity index is 738. The monoisotopic (exact) mass is 292 g/mol. The van der Waals surface area contributed by atoms with Crippen molar-refractivity contribution in [3.63, 3.8) is 0 Å². The minimum Gasteiger partial charge on any atom is -0.319 e. The summed E-state index contributed by atoms with van der Waals surface area (Å²) in [5.41, 5.74) is 2.53. The maximum Gasteiger partial charge on any atom is 0.255 e. The molecular formula is C17H16N4O. The number of hydrogen-bond acceptors (Lipinski definition) is 3. The van der Waals surface area contributed by atoms with Crippen LogP contribution in [0.25, 0.3) is 0 Å². The second-order valence-electron chi connectivity index (χ2n) is 4.92. The van der Waals surface area contributed by atoms with Crippen LogP contribution in [-0.2, 0) is 13.0 Å². The lowest BCUT2D eigenvalue weighted by molar-refractivity contribution is 0.102. The fourth-order valence-corrected chi connectivity index (χ4v) is 2.15. The Balaban J connectivity index is 1.58. The summed E-state index contributed by atoms with van der Waals surface area (Å²) >= 11 is 0. The Morgan fingerprint density at radius 1 is 1.09 bits per heavy atom. The van der Waals surface area contributed by atoms with Gasteiger partial charge in [0.25, 0.3) is 5.91 Å². The number of pyridine rings is 1. The molecule has 0 unspecified atom stereocenters. The van der Waals surface area contributed by atoms with Crippen molar-refractivity contribution < 1.29 is 4.79 Å². The molecule has 3 rings (SSSR count). The quantitative estimate of drug-likeness (QED) is 0.786. The third-order valence-corrected chi connectivity index (χ3v) is 3.31. The van der Waals surface area contributed by atoms with E-state index in [1.807, 2.05) is 29.1 Å². The Morgan fingerprint density at radius 3 is 2.64 bits per heavy atom. The van der Waals surface area contributed by atoms with Crippen LogP contribution in [0.15, 0.2) is 67.3 Å². The van der Waals surface area contributed by atoms with Crippen molar-refractivity contribution in [2.75, 3.05) is 5.32 Å². The van der Waals surface area contributed by atoms with Gasteiger partial charge >= 0.3 is 0 Å². The molecule has 5 nitrogen and oxygen atoms in total. The number of hydrogen-bond donors (Lipinski definition) is 1. The Hall–Kier alpha value is -2.95. The molecule has 0 aliphatic carbocycles. The molecule has 0 spiro atoms. The van der Waals surface area contributed by atoms with Gasteiger partial charge in [-0.15, -0.1) is 0 Å². The van der Waals surface area contributed by atoms with Crippen LogP contribution in [-0.4, -0.2) is 20.7 Å². The number of aryl methyl sites for hydroxylation is 2. The molecule has 0 saturated heterocycles. The average molecular weight is 292 g/mol. The minimum absolute atomic E-state index is 0.162. The van der Waals surface area contributed by atoms with Crippen LogP contribution in [0.1, 0.15) is 15.9 Å². The van der Waals surface area contributed by atoms with Crippen molar-refractivity contribution in [1.29, 1.82) is 0 Å². The first-order valence-electron chi connectivity index (χ1n) is 7.09. The molecule has 0 atom stereocenters. The van der Waals surface area contributed by atoms with E-state index in [2.05, 4.69) is 27.5 Å². The van der Waals surface area contributed by atoms with Gasteiger partial charge in [-0.2, -0.15) is 5.10 Å². The van der Waals surface area contributed by atoms with Crippen molar-refractivity contribution in [2.24, 2.45) is 0 Å². The second kappa shape index (κ2) is 6.67. The fourth-order valence-electron chi connectivity index (χ4n) is 2.15. The third kappa shape index (κ3) is 3.58. The molecule has 3 aromatic rings. The summed E-state index contributed by atoms with van der Waals surface area (Å²) in [5.74, 6) is -0.162. The van der Waals surface area contributed by atoms with Gasteiger partial charge in [-0.1, -0.05) is 30.3 Å². The largest absolute Gasteiger partial charge is 0.319 e. The van der Waals surface area contributed by atoms with E-state index in [1.165, 1.54) is 5.56 Å². The molecule has 1 aromatic carbocycles. The fraction of sp³-hybridized carbons (Fsp3) is 0.118. The van der Waals surface area contributed by atoms with E-state index in [4.69, 9.17) is 0 Å². The highest BCUT2D eigenvalue weighted by Crippen LogP contribution is 2.09. The molecule has 1 amide bonds. The van der Waals surface area contributed by atoms with E-state index in [-0.39, 0.29) is 5.91 Å². The van der Waals surface area contributed by atoms with Gasteiger partial charge in [0.2, 0.25) is 0 Å². The van der Waals surface area contributed by atoms with Gasteiger partial charge < -0.3 is 5.32 Å². The molecule has 110 valence electrons. The van der Waals surface area contributed by atoms with Crippen molar-refractivity contribution >= 4 is 11.6 Å². The topological polar surface area (TPSA) is 59.8 Å². The summed E-state index contributed by atoms with van der Waals surface area (Å²) in [5, 5.41) is 7.09. The molecule has 0 aliphatic heterocycles. The molecule has 0 radical (unpaired) electrons. The highest BCUT2D eigenvalue weighted by Gasteiger charge is 2.07. The first-order chi connectivity index (χ1) is 10.8. The second-order valence-corrected chi connectivity index (χ2v) is 4.92. The lowest BCUT2D eigenvalue weighted by atomic mass is 10.1. The van der Waals surface area contributed by atoms with Crippen LogP contribution >= 0.6 is 0 Å². The summed E-state index contributed by atoms with van der Waals surface area (Å²) in [6, 6.07) is 13.6. The number of carbonyl (C=O) groups is 1. The van der Waals surface area contributed by atoms with E-state index >= 15 is 0 Å². The average Bonchev–Trinajstić information content (AvgIpc) is 3.02. The zero-order chi connectivity index (χ0) is 15.2. The molecule has 5 heteroatoms. The van der Waals surface area contributed by atoms with Crippen LogP contribution in [0.4, 0.5) is 5.69 Å². The third-order valence-electron chi connectivity index (χ3n) is 3.31. The molecule has 0 saturated carbocycles. The van der Waals surface area contributed by atoms with Gasteiger partial charge in [-0.3, -0.25) is 14.5 Å². The van der Waals surface area contributed by atoms with Gasteiger partial charge in [0.05, 0.1) is 11.9 Å². The molecule has 0 bridgehead atoms. The van der Waals surface area contributed by atoms with Crippen molar-refractivity contribution in [1.82, 2.24) is 14.8 Å². The minimum atomic E-state index is -0.162. The molecular weight excluding hydrogens is 276 g/mol. The number of nitrogens with one attached hydrogen (secondary N) is 1. The van der Waals surface area contributed by atoms with Gasteiger partial charge in [-0.05, 0) is 24.1 Å². The first-order valence-corrected chi connectivity index (χ1v) is 7.09. The van der Waals surface area contributed by atoms with E-state index in [0.717, 1.165) is 13.0 Å². The van der Waals surface area contributed by atoms with Gasteiger partial charge in [-0.25, -0.2) is 0 Å². The Labute approximate surface area is 128 Å². The van der Waals surface area contributed by atoms with E-state index in [0.29, 0.717) is 11.3 Å². The SMILES string of the molecule is O=C(Nc1cnn(CCc2ccccc2)c1)c1ccncc1. The zero-order valence-corrected chi connectivity index (χ0v) is 12.0. The molecule has 0 fully saturated rings. The number of rotatable bonds is 5. The summed E-state index contributed by atoms with van der Waals surface area (Å²) in [4.78, 5) is 15.9. The number of nitrogens with zero attached hydrogens (tertiary/aromatic N) is 3. The van der Waals surface area contributed by atoms with Crippen LogP contribution in [0, 0.1) is 0 Å². The molecule has 2 aromatic heterocycles. The summed E-state index contributed by atoms with van der Waals surface area (Å²) in [7, 11) is 0. The number of carbonyl (C=O) groups excluding carboxylic acids is 1. The van der Waals surface area contributed by atoms with Gasteiger partial charge in [0.15, 0.2) is 0 Å². The normalized spacial score (nSPS) is 10.4. The Kier molecular flexibility index (Phi) is 4.25. The maximum absolute atomic E-state index is 12.0. The first kappa shape index (κ1) is 14.0. The number of aromatic nitrogens is 3. The highest BCUT2D eigenvalue weighted by molar-refractivity contribution is 6.03. The molecule has 0 aliphatic rings. The molecule has 2 heterocycles. The van der Waals surface area contributed by atoms with Crippen LogP contribution < -0.4 is 5.32 Å². The predicted molar refractivity (Wildman–Crippen MR) is 84.6 cm³/mol. The summed E-state index contributed by atoms with van der Waals surface area (Å²) in [6.45, 7) is 0.773. The highest BCUT2D eigenvalue weighted by atomic mass is 16.1. The maximum atomic E-state index is 12.0. The number of benzene rings is 1. The zero-order valence-electron chi connectivity index (χ0n) is 12.0. The van der Waals surface area contributed by atoms with Crippen molar-refractivity contribution in [3.05, 3.63) is 78.4 Å². The van der Waals surface area contributed by atoms with Crippen LogP contribution in [0.5, 0.6) is 0 Å². The van der Waals surface area contributed by atoms with Crippen LogP contribution in [0.3, 0.4) is 0 Å².